The van der Waals surface area contributed by atoms with Gasteiger partial charge in [-0.1, -0.05) is 64.2 Å². The van der Waals surface area contributed by atoms with E-state index in [0.29, 0.717) is 5.56 Å². The van der Waals surface area contributed by atoms with E-state index < -0.39 is 40.6 Å². The van der Waals surface area contributed by atoms with Crippen LogP contribution in [0.25, 0.3) is 0 Å². The molecule has 0 N–H and O–H groups in total. The van der Waals surface area contributed by atoms with Gasteiger partial charge in [-0.25, -0.2) is 4.39 Å². The lowest BCUT2D eigenvalue weighted by molar-refractivity contribution is -0.275. The molecule has 1 saturated heterocycles. The summed E-state index contributed by atoms with van der Waals surface area (Å²) in [5, 5.41) is 3.27. The average Bonchev–Trinajstić information content (AvgIpc) is 3.21. The number of hydrogen-bond donors (Lipinski definition) is 0. The van der Waals surface area contributed by atoms with E-state index in [1.807, 2.05) is 0 Å². The second-order valence-electron chi connectivity index (χ2n) is 8.39. The van der Waals surface area contributed by atoms with Crippen LogP contribution in [0.4, 0.5) is 17.6 Å². The molecule has 2 heterocycles. The minimum absolute atomic E-state index is 0.000169. The largest absolute Gasteiger partial charge is 0.435 e. The van der Waals surface area contributed by atoms with E-state index in [1.54, 1.807) is 0 Å². The van der Waals surface area contributed by atoms with Crippen molar-refractivity contribution in [3.05, 3.63) is 68.2 Å². The van der Waals surface area contributed by atoms with Crippen molar-refractivity contribution in [1.82, 2.24) is 4.90 Å². The molecule has 5 nitrogen and oxygen atoms in total. The van der Waals surface area contributed by atoms with Gasteiger partial charge in [0, 0.05) is 29.0 Å². The number of amides is 1. The Bertz CT molecular complexity index is 1210. The Balaban J connectivity index is 1.53. The molecule has 1 fully saturated rings. The Kier molecular flexibility index (Phi) is 6.89. The van der Waals surface area contributed by atoms with Crippen LogP contribution < -0.4 is 0 Å². The molecule has 2 aliphatic rings. The number of hydrogen-bond acceptors (Lipinski definition) is 4. The number of alkyl halides is 4. The third kappa shape index (κ3) is 4.77. The zero-order valence-corrected chi connectivity index (χ0v) is 21.0. The van der Waals surface area contributed by atoms with Crippen LogP contribution in [0.1, 0.15) is 23.1 Å². The van der Waals surface area contributed by atoms with Gasteiger partial charge in [0.25, 0.3) is 5.60 Å². The SMILES string of the molecule is CS(=O)CC(=O)N1CC(F)(c2ccc(C3=NOC(c4cc(Cl)c(Cl)c(Cl)c4)(C(F)(F)F)C3)cc2)C1. The van der Waals surface area contributed by atoms with Crippen molar-refractivity contribution in [3.8, 4) is 0 Å². The van der Waals surface area contributed by atoms with Crippen molar-refractivity contribution in [2.75, 3.05) is 25.1 Å². The summed E-state index contributed by atoms with van der Waals surface area (Å²) < 4.78 is 69.0. The Hall–Kier alpha value is -1.88. The normalized spacial score (nSPS) is 22.3. The lowest BCUT2D eigenvalue weighted by Crippen LogP contribution is -2.59. The van der Waals surface area contributed by atoms with Crippen LogP contribution in [-0.2, 0) is 31.7 Å². The molecule has 13 heteroatoms. The molecule has 1 amide bonds. The number of halogens is 7. The Morgan fingerprint density at radius 3 is 2.20 bits per heavy atom. The Labute approximate surface area is 215 Å². The summed E-state index contributed by atoms with van der Waals surface area (Å²) in [6.07, 6.45) is -4.15. The van der Waals surface area contributed by atoms with Crippen LogP contribution in [0.15, 0.2) is 41.6 Å². The first kappa shape index (κ1) is 26.2. The van der Waals surface area contributed by atoms with Gasteiger partial charge in [0.05, 0.1) is 33.9 Å². The highest BCUT2D eigenvalue weighted by Crippen LogP contribution is 2.50. The molecule has 35 heavy (non-hydrogen) atoms. The fourth-order valence-electron chi connectivity index (χ4n) is 3.99. The highest BCUT2D eigenvalue weighted by Gasteiger charge is 2.62. The van der Waals surface area contributed by atoms with Crippen molar-refractivity contribution in [3.63, 3.8) is 0 Å². The lowest BCUT2D eigenvalue weighted by atomic mass is 9.85. The van der Waals surface area contributed by atoms with Gasteiger partial charge in [-0.05, 0) is 23.3 Å². The summed E-state index contributed by atoms with van der Waals surface area (Å²) >= 11 is 17.8. The topological polar surface area (TPSA) is 59.0 Å². The summed E-state index contributed by atoms with van der Waals surface area (Å²) in [5.74, 6) is -0.584. The molecule has 188 valence electrons. The fraction of sp³-hybridized carbons (Fsp3) is 0.364. The molecule has 0 aliphatic carbocycles. The first-order chi connectivity index (χ1) is 16.3. The van der Waals surface area contributed by atoms with E-state index >= 15 is 4.39 Å². The van der Waals surface area contributed by atoms with Gasteiger partial charge in [-0.2, -0.15) is 13.2 Å². The average molecular weight is 572 g/mol. The zero-order chi connectivity index (χ0) is 25.8. The molecule has 2 atom stereocenters. The third-order valence-corrected chi connectivity index (χ3v) is 7.78. The quantitative estimate of drug-likeness (QED) is 0.346. The predicted molar refractivity (Wildman–Crippen MR) is 126 cm³/mol. The Morgan fingerprint density at radius 2 is 1.69 bits per heavy atom. The van der Waals surface area contributed by atoms with E-state index in [9.17, 15) is 22.2 Å². The van der Waals surface area contributed by atoms with Crippen LogP contribution in [0.3, 0.4) is 0 Å². The maximum absolute atomic E-state index is 15.2. The van der Waals surface area contributed by atoms with E-state index in [1.165, 1.54) is 35.4 Å². The first-order valence-electron chi connectivity index (χ1n) is 10.1. The number of nitrogens with zero attached hydrogens (tertiary/aromatic N) is 2. The van der Waals surface area contributed by atoms with Crippen molar-refractivity contribution in [2.45, 2.75) is 23.9 Å². The molecule has 0 bridgehead atoms. The third-order valence-electron chi connectivity index (χ3n) is 5.93. The van der Waals surface area contributed by atoms with Gasteiger partial charge in [0.1, 0.15) is 5.75 Å². The molecule has 0 aromatic heterocycles. The molecule has 4 rings (SSSR count). The second kappa shape index (κ2) is 9.21. The number of carbonyl (C=O) groups excluding carboxylic acids is 1. The van der Waals surface area contributed by atoms with E-state index in [4.69, 9.17) is 39.6 Å². The summed E-state index contributed by atoms with van der Waals surface area (Å²) in [6, 6.07) is 7.82. The van der Waals surface area contributed by atoms with E-state index in [-0.39, 0.29) is 50.7 Å². The highest BCUT2D eigenvalue weighted by molar-refractivity contribution is 7.85. The molecule has 2 aromatic carbocycles. The fourth-order valence-corrected chi connectivity index (χ4v) is 5.12. The van der Waals surface area contributed by atoms with Crippen LogP contribution >= 0.6 is 34.8 Å². The standard InChI is InChI=1S/C22H17Cl3F4N2O3S/c1-35(33)9-18(32)31-10-20(26,11-31)13-4-2-12(3-5-13)17-8-21(34-30-17,22(27,28)29)14-6-15(23)19(25)16(24)7-14/h2-7H,8-11H2,1H3. The van der Waals surface area contributed by atoms with Gasteiger partial charge in [-0.15, -0.1) is 0 Å². The number of carbonyl (C=O) groups is 1. The van der Waals surface area contributed by atoms with Crippen molar-refractivity contribution < 1.29 is 31.4 Å². The summed E-state index contributed by atoms with van der Waals surface area (Å²) in [4.78, 5) is 18.2. The zero-order valence-electron chi connectivity index (χ0n) is 18.0. The van der Waals surface area contributed by atoms with Crippen LogP contribution in [-0.4, -0.2) is 52.0 Å². The first-order valence-corrected chi connectivity index (χ1v) is 13.0. The smallest absolute Gasteiger partial charge is 0.374 e. The van der Waals surface area contributed by atoms with Crippen molar-refractivity contribution in [2.24, 2.45) is 5.16 Å². The molecular weight excluding hydrogens is 555 g/mol. The lowest BCUT2D eigenvalue weighted by Gasteiger charge is -2.44. The van der Waals surface area contributed by atoms with Gasteiger partial charge in [0.15, 0.2) is 5.67 Å². The van der Waals surface area contributed by atoms with Gasteiger partial charge >= 0.3 is 6.18 Å². The minimum atomic E-state index is -4.87. The predicted octanol–water partition coefficient (Wildman–Crippen LogP) is 5.61. The number of likely N-dealkylation sites (tertiary alicyclic amines) is 1. The van der Waals surface area contributed by atoms with Crippen molar-refractivity contribution in [1.29, 1.82) is 0 Å². The highest BCUT2D eigenvalue weighted by atomic mass is 35.5. The number of benzene rings is 2. The molecule has 0 radical (unpaired) electrons. The molecule has 2 unspecified atom stereocenters. The summed E-state index contributed by atoms with van der Waals surface area (Å²) in [7, 11) is -1.33. The van der Waals surface area contributed by atoms with E-state index in [0.717, 1.165) is 12.1 Å². The number of oxime groups is 1. The minimum Gasteiger partial charge on any atom is -0.374 e. The summed E-state index contributed by atoms with van der Waals surface area (Å²) in [6.45, 7) is -0.386. The molecular formula is C22H17Cl3F4N2O3S. The van der Waals surface area contributed by atoms with Gasteiger partial charge in [0.2, 0.25) is 5.91 Å². The molecule has 0 spiro atoms. The number of rotatable bonds is 5. The van der Waals surface area contributed by atoms with E-state index in [2.05, 4.69) is 5.16 Å². The Morgan fingerprint density at radius 1 is 1.11 bits per heavy atom. The van der Waals surface area contributed by atoms with Crippen LogP contribution in [0, 0.1) is 0 Å². The van der Waals surface area contributed by atoms with Crippen molar-refractivity contribution >= 4 is 57.2 Å². The maximum atomic E-state index is 15.2. The molecule has 2 aliphatic heterocycles. The molecule has 2 aromatic rings. The van der Waals surface area contributed by atoms with Crippen LogP contribution in [0.2, 0.25) is 15.1 Å². The van der Waals surface area contributed by atoms with Crippen LogP contribution in [0.5, 0.6) is 0 Å². The van der Waals surface area contributed by atoms with Gasteiger partial charge in [-0.3, -0.25) is 9.00 Å². The monoisotopic (exact) mass is 570 g/mol. The van der Waals surface area contributed by atoms with Gasteiger partial charge < -0.3 is 9.74 Å². The molecule has 0 saturated carbocycles. The maximum Gasteiger partial charge on any atom is 0.435 e. The second-order valence-corrected chi connectivity index (χ2v) is 11.0. The summed E-state index contributed by atoms with van der Waals surface area (Å²) in [5.41, 5.74) is -4.41.